The van der Waals surface area contributed by atoms with E-state index in [4.69, 9.17) is 4.98 Å². The number of hydrogen-bond donors (Lipinski definition) is 0. The van der Waals surface area contributed by atoms with E-state index >= 15 is 0 Å². The van der Waals surface area contributed by atoms with Crippen molar-refractivity contribution in [2.45, 2.75) is 70.1 Å². The SMILES string of the molecule is Cc1nc(SCC(=O)N(C)C(C)c2ccc(F)cc2)n(C2CCCCC2)c1C. The van der Waals surface area contributed by atoms with Gasteiger partial charge in [0.15, 0.2) is 5.16 Å². The summed E-state index contributed by atoms with van der Waals surface area (Å²) >= 11 is 1.53. The van der Waals surface area contributed by atoms with Crippen LogP contribution in [0.5, 0.6) is 0 Å². The van der Waals surface area contributed by atoms with Gasteiger partial charge in [-0.25, -0.2) is 9.37 Å². The summed E-state index contributed by atoms with van der Waals surface area (Å²) in [6.07, 6.45) is 6.24. The maximum absolute atomic E-state index is 13.2. The molecule has 0 spiro atoms. The average molecular weight is 404 g/mol. The zero-order valence-electron chi connectivity index (χ0n) is 17.2. The molecular weight excluding hydrogens is 373 g/mol. The predicted molar refractivity (Wildman–Crippen MR) is 112 cm³/mol. The summed E-state index contributed by atoms with van der Waals surface area (Å²) in [6, 6.07) is 6.74. The van der Waals surface area contributed by atoms with E-state index in [1.54, 1.807) is 24.1 Å². The van der Waals surface area contributed by atoms with Gasteiger partial charge in [0.05, 0.1) is 17.5 Å². The highest BCUT2D eigenvalue weighted by Crippen LogP contribution is 2.34. The second kappa shape index (κ2) is 9.12. The predicted octanol–water partition coefficient (Wildman–Crippen LogP) is 5.46. The van der Waals surface area contributed by atoms with Crippen LogP contribution >= 0.6 is 11.8 Å². The van der Waals surface area contributed by atoms with Crippen molar-refractivity contribution >= 4 is 17.7 Å². The number of imidazole rings is 1. The second-order valence-electron chi connectivity index (χ2n) is 7.75. The van der Waals surface area contributed by atoms with Gasteiger partial charge in [0.25, 0.3) is 0 Å². The minimum Gasteiger partial charge on any atom is -0.338 e. The first-order valence-corrected chi connectivity index (χ1v) is 11.1. The van der Waals surface area contributed by atoms with Gasteiger partial charge in [-0.05, 0) is 51.3 Å². The lowest BCUT2D eigenvalue weighted by Crippen LogP contribution is -2.31. The van der Waals surface area contributed by atoms with E-state index in [1.165, 1.54) is 61.7 Å². The molecule has 1 fully saturated rings. The van der Waals surface area contributed by atoms with Crippen molar-refractivity contribution in [3.8, 4) is 0 Å². The first kappa shape index (κ1) is 20.9. The van der Waals surface area contributed by atoms with Crippen LogP contribution in [0.15, 0.2) is 29.4 Å². The van der Waals surface area contributed by atoms with Gasteiger partial charge >= 0.3 is 0 Å². The van der Waals surface area contributed by atoms with Crippen molar-refractivity contribution in [1.29, 1.82) is 0 Å². The Morgan fingerprint density at radius 3 is 2.54 bits per heavy atom. The molecule has 0 radical (unpaired) electrons. The summed E-state index contributed by atoms with van der Waals surface area (Å²) in [7, 11) is 1.81. The molecule has 1 heterocycles. The van der Waals surface area contributed by atoms with Crippen molar-refractivity contribution in [2.24, 2.45) is 0 Å². The number of hydrogen-bond acceptors (Lipinski definition) is 3. The third-order valence-electron chi connectivity index (χ3n) is 5.95. The Kier molecular flexibility index (Phi) is 6.81. The minimum absolute atomic E-state index is 0.0512. The Hall–Kier alpha value is -1.82. The van der Waals surface area contributed by atoms with Crippen LogP contribution in [0.3, 0.4) is 0 Å². The van der Waals surface area contributed by atoms with Crippen LogP contribution in [-0.2, 0) is 4.79 Å². The summed E-state index contributed by atoms with van der Waals surface area (Å²) in [5.74, 6) is 0.140. The van der Waals surface area contributed by atoms with Crippen LogP contribution in [0.4, 0.5) is 4.39 Å². The van der Waals surface area contributed by atoms with Crippen molar-refractivity contribution < 1.29 is 9.18 Å². The highest BCUT2D eigenvalue weighted by atomic mass is 32.2. The van der Waals surface area contributed by atoms with Crippen LogP contribution in [0.2, 0.25) is 0 Å². The molecule has 0 N–H and O–H groups in total. The van der Waals surface area contributed by atoms with Crippen LogP contribution in [0.1, 0.15) is 68.1 Å². The molecule has 6 heteroatoms. The van der Waals surface area contributed by atoms with E-state index in [0.717, 1.165) is 16.4 Å². The molecule has 1 aliphatic carbocycles. The Labute approximate surface area is 171 Å². The molecule has 0 saturated heterocycles. The lowest BCUT2D eigenvalue weighted by atomic mass is 9.95. The number of nitrogens with zero attached hydrogens (tertiary/aromatic N) is 3. The van der Waals surface area contributed by atoms with E-state index in [-0.39, 0.29) is 17.8 Å². The maximum atomic E-state index is 13.2. The molecule has 1 unspecified atom stereocenters. The highest BCUT2D eigenvalue weighted by Gasteiger charge is 2.24. The van der Waals surface area contributed by atoms with Gasteiger partial charge in [0, 0.05) is 18.8 Å². The van der Waals surface area contributed by atoms with Crippen LogP contribution < -0.4 is 0 Å². The van der Waals surface area contributed by atoms with Crippen LogP contribution in [-0.4, -0.2) is 33.2 Å². The molecule has 1 atom stereocenters. The number of amides is 1. The molecule has 4 nitrogen and oxygen atoms in total. The molecule has 1 aromatic heterocycles. The number of aryl methyl sites for hydroxylation is 1. The largest absolute Gasteiger partial charge is 0.338 e. The monoisotopic (exact) mass is 403 g/mol. The molecule has 1 amide bonds. The summed E-state index contributed by atoms with van der Waals surface area (Å²) in [6.45, 7) is 6.14. The minimum atomic E-state index is -0.263. The molecule has 3 rings (SSSR count). The Balaban J connectivity index is 1.67. The van der Waals surface area contributed by atoms with Crippen molar-refractivity contribution in [3.63, 3.8) is 0 Å². The fourth-order valence-electron chi connectivity index (χ4n) is 3.88. The van der Waals surface area contributed by atoms with E-state index in [9.17, 15) is 9.18 Å². The number of halogens is 1. The maximum Gasteiger partial charge on any atom is 0.233 e. The van der Waals surface area contributed by atoms with Gasteiger partial charge in [-0.1, -0.05) is 43.2 Å². The topological polar surface area (TPSA) is 38.1 Å². The van der Waals surface area contributed by atoms with Gasteiger partial charge in [-0.2, -0.15) is 0 Å². The molecular formula is C22H30FN3OS. The summed E-state index contributed by atoms with van der Waals surface area (Å²) in [5, 5.41) is 0.957. The number of carbonyl (C=O) groups is 1. The molecule has 28 heavy (non-hydrogen) atoms. The number of rotatable bonds is 6. The van der Waals surface area contributed by atoms with Gasteiger partial charge in [-0.15, -0.1) is 0 Å². The molecule has 1 saturated carbocycles. The van der Waals surface area contributed by atoms with Crippen molar-refractivity contribution in [2.75, 3.05) is 12.8 Å². The van der Waals surface area contributed by atoms with Gasteiger partial charge in [-0.3, -0.25) is 4.79 Å². The normalized spacial score (nSPS) is 16.2. The third kappa shape index (κ3) is 4.59. The average Bonchev–Trinajstić information content (AvgIpc) is 3.00. The smallest absolute Gasteiger partial charge is 0.233 e. The Bertz CT molecular complexity index is 812. The van der Waals surface area contributed by atoms with E-state index in [1.807, 2.05) is 13.8 Å². The van der Waals surface area contributed by atoms with Gasteiger partial charge in [0.1, 0.15) is 5.82 Å². The number of aromatic nitrogens is 2. The zero-order valence-corrected chi connectivity index (χ0v) is 18.1. The lowest BCUT2D eigenvalue weighted by molar-refractivity contribution is -0.128. The molecule has 152 valence electrons. The third-order valence-corrected chi connectivity index (χ3v) is 6.88. The molecule has 0 bridgehead atoms. The zero-order chi connectivity index (χ0) is 20.3. The first-order valence-electron chi connectivity index (χ1n) is 10.1. The standard InChI is InChI=1S/C22H30FN3OS/c1-15-16(2)26(20-8-6-5-7-9-20)22(24-15)28-14-21(27)25(4)17(3)18-10-12-19(23)13-11-18/h10-13,17,20H,5-9,14H2,1-4H3. The molecule has 1 aliphatic rings. The van der Waals surface area contributed by atoms with E-state index in [2.05, 4.69) is 11.5 Å². The second-order valence-corrected chi connectivity index (χ2v) is 8.69. The van der Waals surface area contributed by atoms with Gasteiger partial charge < -0.3 is 9.47 Å². The quantitative estimate of drug-likeness (QED) is 0.602. The molecule has 0 aliphatic heterocycles. The summed E-state index contributed by atoms with van der Waals surface area (Å²) in [5.41, 5.74) is 3.20. The van der Waals surface area contributed by atoms with Crippen LogP contribution in [0.25, 0.3) is 0 Å². The number of carbonyl (C=O) groups excluding carboxylic acids is 1. The first-order chi connectivity index (χ1) is 13.4. The van der Waals surface area contributed by atoms with Crippen molar-refractivity contribution in [1.82, 2.24) is 14.5 Å². The fourth-order valence-corrected chi connectivity index (χ4v) is 4.96. The molecule has 1 aromatic carbocycles. The van der Waals surface area contributed by atoms with E-state index in [0.29, 0.717) is 11.8 Å². The molecule has 2 aromatic rings. The lowest BCUT2D eigenvalue weighted by Gasteiger charge is -2.27. The summed E-state index contributed by atoms with van der Waals surface area (Å²) < 4.78 is 15.5. The van der Waals surface area contributed by atoms with Gasteiger partial charge in [0.2, 0.25) is 5.91 Å². The summed E-state index contributed by atoms with van der Waals surface area (Å²) in [4.78, 5) is 19.2. The van der Waals surface area contributed by atoms with E-state index < -0.39 is 0 Å². The highest BCUT2D eigenvalue weighted by molar-refractivity contribution is 7.99. The van der Waals surface area contributed by atoms with Crippen LogP contribution in [0, 0.1) is 19.7 Å². The number of benzene rings is 1. The Morgan fingerprint density at radius 2 is 1.89 bits per heavy atom. The fraction of sp³-hybridized carbons (Fsp3) is 0.545. The number of thioether (sulfide) groups is 1. The Morgan fingerprint density at radius 1 is 1.25 bits per heavy atom. The van der Waals surface area contributed by atoms with Crippen molar-refractivity contribution in [3.05, 3.63) is 47.0 Å².